The molecule has 2 atom stereocenters. The number of aliphatic hydroxyl groups is 1. The van der Waals surface area contributed by atoms with Gasteiger partial charge in [-0.3, -0.25) is 4.79 Å². The van der Waals surface area contributed by atoms with Gasteiger partial charge in [0.25, 0.3) is 0 Å². The summed E-state index contributed by atoms with van der Waals surface area (Å²) < 4.78 is 4.89. The summed E-state index contributed by atoms with van der Waals surface area (Å²) in [7, 11) is 0. The normalized spacial score (nSPS) is 14.9. The van der Waals surface area contributed by atoms with Crippen LogP contribution in [-0.2, 0) is 9.53 Å². The number of rotatable bonds is 7. The molecule has 0 rings (SSSR count). The summed E-state index contributed by atoms with van der Waals surface area (Å²) in [5.74, 6) is -0.0494. The second-order valence-corrected chi connectivity index (χ2v) is 3.00. The number of nitrogens with one attached hydrogen (secondary N) is 1. The van der Waals surface area contributed by atoms with Crippen LogP contribution in [0.5, 0.6) is 0 Å². The van der Waals surface area contributed by atoms with Gasteiger partial charge in [-0.25, -0.2) is 0 Å². The summed E-state index contributed by atoms with van der Waals surface area (Å²) >= 11 is 0. The summed E-state index contributed by atoms with van der Waals surface area (Å²) in [6, 6.07) is -0.502. The Hall–Kier alpha value is -0.650. The van der Waals surface area contributed by atoms with Crippen LogP contribution in [0.2, 0.25) is 0 Å². The summed E-state index contributed by atoms with van der Waals surface area (Å²) in [5.41, 5.74) is 5.59. The Morgan fingerprint density at radius 1 is 1.57 bits per heavy atom. The van der Waals surface area contributed by atoms with Gasteiger partial charge in [-0.05, 0) is 20.3 Å². The van der Waals surface area contributed by atoms with Crippen molar-refractivity contribution < 1.29 is 14.6 Å². The summed E-state index contributed by atoms with van der Waals surface area (Å²) in [6.07, 6.45) is -0.235. The van der Waals surface area contributed by atoms with Gasteiger partial charge in [0.1, 0.15) is 0 Å². The Balaban J connectivity index is 3.61. The van der Waals surface area contributed by atoms with Crippen molar-refractivity contribution >= 4 is 5.91 Å². The van der Waals surface area contributed by atoms with E-state index in [1.165, 1.54) is 0 Å². The van der Waals surface area contributed by atoms with Crippen LogP contribution >= 0.6 is 0 Å². The fourth-order valence-corrected chi connectivity index (χ4v) is 1.02. The van der Waals surface area contributed by atoms with Gasteiger partial charge in [0.2, 0.25) is 5.91 Å². The minimum absolute atomic E-state index is 0.0494. The third-order valence-corrected chi connectivity index (χ3v) is 1.78. The minimum atomic E-state index is -0.977. The van der Waals surface area contributed by atoms with Gasteiger partial charge in [0.05, 0.1) is 6.04 Å². The second-order valence-electron chi connectivity index (χ2n) is 3.00. The van der Waals surface area contributed by atoms with Gasteiger partial charge in [-0.15, -0.1) is 0 Å². The maximum absolute atomic E-state index is 11.0. The molecule has 4 N–H and O–H groups in total. The van der Waals surface area contributed by atoms with Gasteiger partial charge in [-0.2, -0.15) is 0 Å². The first kappa shape index (κ1) is 13.4. The average molecular weight is 204 g/mol. The zero-order chi connectivity index (χ0) is 11.0. The zero-order valence-corrected chi connectivity index (χ0v) is 8.82. The zero-order valence-electron chi connectivity index (χ0n) is 8.82. The maximum atomic E-state index is 11.0. The highest BCUT2D eigenvalue weighted by Gasteiger charge is 2.15. The van der Waals surface area contributed by atoms with Crippen LogP contribution in [0, 0.1) is 0 Å². The Morgan fingerprint density at radius 3 is 2.71 bits per heavy atom. The standard InChI is InChI=1S/C9H20N2O3/c1-3-11-8(12)6-5-7(10)9(13)14-4-2/h7,9,13H,3-6,10H2,1-2H3,(H,11,12)/t7?,9-/m1/s1. The topological polar surface area (TPSA) is 84.6 Å². The lowest BCUT2D eigenvalue weighted by atomic mass is 10.1. The number of aliphatic hydroxyl groups excluding tert-OH is 1. The van der Waals surface area contributed by atoms with E-state index in [1.54, 1.807) is 6.92 Å². The van der Waals surface area contributed by atoms with E-state index in [-0.39, 0.29) is 5.91 Å². The molecule has 1 amide bonds. The van der Waals surface area contributed by atoms with E-state index in [2.05, 4.69) is 5.32 Å². The molecule has 0 saturated carbocycles. The monoisotopic (exact) mass is 204 g/mol. The van der Waals surface area contributed by atoms with Gasteiger partial charge >= 0.3 is 0 Å². The molecule has 0 aliphatic rings. The number of carbonyl (C=O) groups is 1. The van der Waals surface area contributed by atoms with Crippen molar-refractivity contribution in [3.63, 3.8) is 0 Å². The molecule has 0 aliphatic carbocycles. The predicted molar refractivity (Wildman–Crippen MR) is 53.5 cm³/mol. The Labute approximate surface area is 84.6 Å². The van der Waals surface area contributed by atoms with Crippen LogP contribution in [0.15, 0.2) is 0 Å². The number of ether oxygens (including phenoxy) is 1. The second kappa shape index (κ2) is 7.73. The molecule has 14 heavy (non-hydrogen) atoms. The summed E-state index contributed by atoms with van der Waals surface area (Å²) in [6.45, 7) is 4.66. The molecule has 0 aliphatic heterocycles. The maximum Gasteiger partial charge on any atom is 0.220 e. The van der Waals surface area contributed by atoms with Crippen molar-refractivity contribution in [2.75, 3.05) is 13.2 Å². The van der Waals surface area contributed by atoms with Crippen molar-refractivity contribution in [3.05, 3.63) is 0 Å². The van der Waals surface area contributed by atoms with Gasteiger partial charge in [-0.1, -0.05) is 0 Å². The first-order valence-corrected chi connectivity index (χ1v) is 4.93. The number of hydrogen-bond acceptors (Lipinski definition) is 4. The SMILES string of the molecule is CCNC(=O)CCC(N)[C@H](O)OCC. The molecule has 0 spiro atoms. The highest BCUT2D eigenvalue weighted by Crippen LogP contribution is 2.01. The highest BCUT2D eigenvalue weighted by atomic mass is 16.6. The van der Waals surface area contributed by atoms with Crippen molar-refractivity contribution in [2.45, 2.75) is 39.0 Å². The summed E-state index contributed by atoms with van der Waals surface area (Å²) in [4.78, 5) is 11.0. The van der Waals surface area contributed by atoms with Crippen LogP contribution in [-0.4, -0.2) is 36.5 Å². The van der Waals surface area contributed by atoms with Crippen LogP contribution < -0.4 is 11.1 Å². The van der Waals surface area contributed by atoms with E-state index in [0.29, 0.717) is 26.0 Å². The molecule has 1 unspecified atom stereocenters. The molecule has 0 bridgehead atoms. The largest absolute Gasteiger partial charge is 0.367 e. The lowest BCUT2D eigenvalue weighted by Crippen LogP contribution is -2.38. The fourth-order valence-electron chi connectivity index (χ4n) is 1.02. The Kier molecular flexibility index (Phi) is 7.37. The molecule has 0 saturated heterocycles. The first-order chi connectivity index (χ1) is 6.61. The van der Waals surface area contributed by atoms with Crippen LogP contribution in [0.4, 0.5) is 0 Å². The highest BCUT2D eigenvalue weighted by molar-refractivity contribution is 5.75. The average Bonchev–Trinajstić information content (AvgIpc) is 2.15. The predicted octanol–water partition coefficient (Wildman–Crippen LogP) is -0.415. The molecule has 5 nitrogen and oxygen atoms in total. The van der Waals surface area contributed by atoms with E-state index in [4.69, 9.17) is 10.5 Å². The van der Waals surface area contributed by atoms with Crippen LogP contribution in [0.1, 0.15) is 26.7 Å². The number of carbonyl (C=O) groups excluding carboxylic acids is 1. The minimum Gasteiger partial charge on any atom is -0.367 e. The number of hydrogen-bond donors (Lipinski definition) is 3. The molecule has 5 heteroatoms. The fraction of sp³-hybridized carbons (Fsp3) is 0.889. The Bertz CT molecular complexity index is 164. The molecule has 0 fully saturated rings. The van der Waals surface area contributed by atoms with E-state index >= 15 is 0 Å². The van der Waals surface area contributed by atoms with Gasteiger partial charge in [0.15, 0.2) is 6.29 Å². The first-order valence-electron chi connectivity index (χ1n) is 4.93. The smallest absolute Gasteiger partial charge is 0.220 e. The van der Waals surface area contributed by atoms with Gasteiger partial charge < -0.3 is 20.9 Å². The van der Waals surface area contributed by atoms with E-state index in [0.717, 1.165) is 0 Å². The molecule has 0 aromatic heterocycles. The molecule has 0 aromatic rings. The third kappa shape index (κ3) is 5.90. The third-order valence-electron chi connectivity index (χ3n) is 1.78. The molecular weight excluding hydrogens is 184 g/mol. The van der Waals surface area contributed by atoms with Crippen molar-refractivity contribution in [1.82, 2.24) is 5.32 Å². The molecular formula is C9H20N2O3. The lowest BCUT2D eigenvalue weighted by Gasteiger charge is -2.17. The molecule has 0 aromatic carbocycles. The number of amides is 1. The van der Waals surface area contributed by atoms with E-state index in [1.807, 2.05) is 6.92 Å². The lowest BCUT2D eigenvalue weighted by molar-refractivity contribution is -0.123. The molecule has 84 valence electrons. The van der Waals surface area contributed by atoms with Crippen LogP contribution in [0.3, 0.4) is 0 Å². The molecule has 0 heterocycles. The van der Waals surface area contributed by atoms with Crippen molar-refractivity contribution in [2.24, 2.45) is 5.73 Å². The van der Waals surface area contributed by atoms with E-state index < -0.39 is 12.3 Å². The summed E-state index contributed by atoms with van der Waals surface area (Å²) in [5, 5.41) is 11.9. The quantitative estimate of drug-likeness (QED) is 0.492. The molecule has 0 radical (unpaired) electrons. The van der Waals surface area contributed by atoms with Crippen molar-refractivity contribution in [3.8, 4) is 0 Å². The van der Waals surface area contributed by atoms with Crippen LogP contribution in [0.25, 0.3) is 0 Å². The van der Waals surface area contributed by atoms with E-state index in [9.17, 15) is 9.90 Å². The van der Waals surface area contributed by atoms with Crippen molar-refractivity contribution in [1.29, 1.82) is 0 Å². The Morgan fingerprint density at radius 2 is 2.21 bits per heavy atom. The number of nitrogens with two attached hydrogens (primary N) is 1. The van der Waals surface area contributed by atoms with Gasteiger partial charge in [0, 0.05) is 19.6 Å².